The normalized spacial score (nSPS) is 14.8. The molecular weight excluding hydrogens is 272 g/mol. The minimum absolute atomic E-state index is 0.414. The molecule has 3 nitrogen and oxygen atoms in total. The van der Waals surface area contributed by atoms with E-state index in [1.807, 2.05) is 30.3 Å². The summed E-state index contributed by atoms with van der Waals surface area (Å²) in [7, 11) is 0. The molecule has 4 heteroatoms. The first-order valence-electron chi connectivity index (χ1n) is 7.04. The summed E-state index contributed by atoms with van der Waals surface area (Å²) in [6.45, 7) is 0.701. The number of halogens is 1. The van der Waals surface area contributed by atoms with Gasteiger partial charge in [-0.2, -0.15) is 4.98 Å². The Bertz CT molecular complexity index is 570. The highest BCUT2D eigenvalue weighted by Gasteiger charge is 2.17. The minimum Gasteiger partial charge on any atom is -0.478 e. The van der Waals surface area contributed by atoms with Crippen molar-refractivity contribution in [2.75, 3.05) is 6.61 Å². The molecule has 1 aromatic carbocycles. The number of hydrogen-bond acceptors (Lipinski definition) is 3. The van der Waals surface area contributed by atoms with Crippen LogP contribution in [0.25, 0.3) is 11.4 Å². The second-order valence-corrected chi connectivity index (χ2v) is 5.54. The molecule has 0 saturated heterocycles. The van der Waals surface area contributed by atoms with Crippen LogP contribution in [0.3, 0.4) is 0 Å². The first-order valence-corrected chi connectivity index (χ1v) is 7.42. The van der Waals surface area contributed by atoms with E-state index in [0.717, 1.165) is 17.9 Å². The zero-order chi connectivity index (χ0) is 13.8. The van der Waals surface area contributed by atoms with Gasteiger partial charge in [0.25, 0.3) is 0 Å². The summed E-state index contributed by atoms with van der Waals surface area (Å²) >= 11 is 6.05. The smallest absolute Gasteiger partial charge is 0.218 e. The Morgan fingerprint density at radius 2 is 1.95 bits per heavy atom. The highest BCUT2D eigenvalue weighted by atomic mass is 35.5. The molecule has 1 aliphatic carbocycles. The molecule has 0 spiro atoms. The topological polar surface area (TPSA) is 35.0 Å². The molecule has 3 rings (SSSR count). The number of nitrogens with zero attached hydrogens (tertiary/aromatic N) is 2. The van der Waals surface area contributed by atoms with Gasteiger partial charge in [0, 0.05) is 11.6 Å². The fourth-order valence-corrected chi connectivity index (χ4v) is 2.47. The third-order valence-electron chi connectivity index (χ3n) is 3.70. The van der Waals surface area contributed by atoms with Gasteiger partial charge in [0.05, 0.1) is 6.61 Å². The molecule has 1 saturated carbocycles. The highest BCUT2D eigenvalue weighted by Crippen LogP contribution is 2.29. The first kappa shape index (κ1) is 13.4. The van der Waals surface area contributed by atoms with Crippen LogP contribution in [0.5, 0.6) is 5.88 Å². The summed E-state index contributed by atoms with van der Waals surface area (Å²) in [4.78, 5) is 8.68. The summed E-state index contributed by atoms with van der Waals surface area (Å²) in [6, 6.07) is 11.5. The van der Waals surface area contributed by atoms with Crippen molar-refractivity contribution in [3.05, 3.63) is 41.6 Å². The molecule has 2 aromatic rings. The Labute approximate surface area is 124 Å². The zero-order valence-electron chi connectivity index (χ0n) is 11.3. The quantitative estimate of drug-likeness (QED) is 0.767. The van der Waals surface area contributed by atoms with E-state index in [9.17, 15) is 0 Å². The Hall–Kier alpha value is -1.61. The van der Waals surface area contributed by atoms with Crippen LogP contribution in [0.2, 0.25) is 5.15 Å². The average molecular weight is 289 g/mol. The van der Waals surface area contributed by atoms with Gasteiger partial charge in [-0.3, -0.25) is 0 Å². The summed E-state index contributed by atoms with van der Waals surface area (Å²) in [5.74, 6) is 2.00. The van der Waals surface area contributed by atoms with Crippen molar-refractivity contribution in [2.24, 2.45) is 5.92 Å². The largest absolute Gasteiger partial charge is 0.478 e. The second kappa shape index (κ2) is 6.23. The third-order valence-corrected chi connectivity index (χ3v) is 3.90. The van der Waals surface area contributed by atoms with Crippen LogP contribution >= 0.6 is 11.6 Å². The maximum absolute atomic E-state index is 6.05. The lowest BCUT2D eigenvalue weighted by molar-refractivity contribution is 0.217. The SMILES string of the molecule is Clc1cc(OCCC2CCC2)nc(-c2ccccc2)n1. The molecule has 0 unspecified atom stereocenters. The van der Waals surface area contributed by atoms with E-state index in [4.69, 9.17) is 16.3 Å². The Kier molecular flexibility index (Phi) is 4.16. The summed E-state index contributed by atoms with van der Waals surface area (Å²) in [5, 5.41) is 0.414. The van der Waals surface area contributed by atoms with E-state index < -0.39 is 0 Å². The van der Waals surface area contributed by atoms with Gasteiger partial charge in [-0.25, -0.2) is 4.98 Å². The molecule has 0 radical (unpaired) electrons. The van der Waals surface area contributed by atoms with Crippen molar-refractivity contribution in [3.63, 3.8) is 0 Å². The Morgan fingerprint density at radius 1 is 1.15 bits per heavy atom. The molecule has 20 heavy (non-hydrogen) atoms. The standard InChI is InChI=1S/C16H17ClN2O/c17-14-11-15(20-10-9-12-5-4-6-12)19-16(18-14)13-7-2-1-3-8-13/h1-3,7-8,11-12H,4-6,9-10H2. The van der Waals surface area contributed by atoms with Crippen molar-refractivity contribution < 1.29 is 4.74 Å². The zero-order valence-corrected chi connectivity index (χ0v) is 12.0. The number of benzene rings is 1. The molecule has 0 bridgehead atoms. The number of ether oxygens (including phenoxy) is 1. The number of rotatable bonds is 5. The predicted molar refractivity (Wildman–Crippen MR) is 79.9 cm³/mol. The van der Waals surface area contributed by atoms with Crippen molar-refractivity contribution >= 4 is 11.6 Å². The van der Waals surface area contributed by atoms with Crippen molar-refractivity contribution in [1.29, 1.82) is 0 Å². The van der Waals surface area contributed by atoms with E-state index in [1.165, 1.54) is 19.3 Å². The third kappa shape index (κ3) is 3.28. The van der Waals surface area contributed by atoms with E-state index in [-0.39, 0.29) is 0 Å². The fraction of sp³-hybridized carbons (Fsp3) is 0.375. The molecule has 0 atom stereocenters. The first-order chi connectivity index (χ1) is 9.81. The molecule has 1 aromatic heterocycles. The Morgan fingerprint density at radius 3 is 2.65 bits per heavy atom. The fourth-order valence-electron chi connectivity index (χ4n) is 2.30. The molecule has 1 fully saturated rings. The van der Waals surface area contributed by atoms with Crippen molar-refractivity contribution in [2.45, 2.75) is 25.7 Å². The maximum Gasteiger partial charge on any atom is 0.218 e. The van der Waals surface area contributed by atoms with E-state index in [0.29, 0.717) is 23.5 Å². The molecule has 1 aliphatic rings. The lowest BCUT2D eigenvalue weighted by Gasteiger charge is -2.24. The average Bonchev–Trinajstić information content (AvgIpc) is 2.42. The van der Waals surface area contributed by atoms with Gasteiger partial charge in [-0.1, -0.05) is 61.2 Å². The van der Waals surface area contributed by atoms with Crippen LogP contribution in [0.1, 0.15) is 25.7 Å². The van der Waals surface area contributed by atoms with Gasteiger partial charge in [-0.05, 0) is 12.3 Å². The molecule has 104 valence electrons. The van der Waals surface area contributed by atoms with E-state index in [2.05, 4.69) is 9.97 Å². The van der Waals surface area contributed by atoms with Crippen LogP contribution in [-0.4, -0.2) is 16.6 Å². The lowest BCUT2D eigenvalue weighted by Crippen LogP contribution is -2.14. The van der Waals surface area contributed by atoms with Crippen LogP contribution < -0.4 is 4.74 Å². The van der Waals surface area contributed by atoms with Gasteiger partial charge >= 0.3 is 0 Å². The second-order valence-electron chi connectivity index (χ2n) is 5.15. The van der Waals surface area contributed by atoms with Gasteiger partial charge in [0.1, 0.15) is 5.15 Å². The van der Waals surface area contributed by atoms with Gasteiger partial charge < -0.3 is 4.74 Å². The van der Waals surface area contributed by atoms with Gasteiger partial charge in [-0.15, -0.1) is 0 Å². The summed E-state index contributed by atoms with van der Waals surface area (Å²) < 4.78 is 5.72. The minimum atomic E-state index is 0.414. The number of hydrogen-bond donors (Lipinski definition) is 0. The van der Waals surface area contributed by atoms with Crippen LogP contribution in [0, 0.1) is 5.92 Å². The summed E-state index contributed by atoms with van der Waals surface area (Å²) in [6.07, 6.45) is 5.14. The lowest BCUT2D eigenvalue weighted by atomic mass is 9.83. The molecule has 0 aliphatic heterocycles. The highest BCUT2D eigenvalue weighted by molar-refractivity contribution is 6.29. The van der Waals surface area contributed by atoms with Crippen LogP contribution in [-0.2, 0) is 0 Å². The molecule has 0 N–H and O–H groups in total. The van der Waals surface area contributed by atoms with E-state index in [1.54, 1.807) is 6.07 Å². The van der Waals surface area contributed by atoms with Crippen LogP contribution in [0.4, 0.5) is 0 Å². The number of aromatic nitrogens is 2. The Balaban J connectivity index is 1.69. The van der Waals surface area contributed by atoms with Crippen molar-refractivity contribution in [1.82, 2.24) is 9.97 Å². The molecule has 0 amide bonds. The van der Waals surface area contributed by atoms with E-state index >= 15 is 0 Å². The molecular formula is C16H17ClN2O. The predicted octanol–water partition coefficient (Wildman–Crippen LogP) is 4.37. The summed E-state index contributed by atoms with van der Waals surface area (Å²) in [5.41, 5.74) is 0.943. The maximum atomic E-state index is 6.05. The van der Waals surface area contributed by atoms with Crippen LogP contribution in [0.15, 0.2) is 36.4 Å². The van der Waals surface area contributed by atoms with Gasteiger partial charge in [0.2, 0.25) is 5.88 Å². The molecule has 1 heterocycles. The van der Waals surface area contributed by atoms with Crippen molar-refractivity contribution in [3.8, 4) is 17.3 Å². The monoisotopic (exact) mass is 288 g/mol. The van der Waals surface area contributed by atoms with Gasteiger partial charge in [0.15, 0.2) is 5.82 Å².